The maximum absolute atomic E-state index is 12.4. The number of benzene rings is 2. The second-order valence-corrected chi connectivity index (χ2v) is 4.77. The fourth-order valence-corrected chi connectivity index (χ4v) is 2.31. The van der Waals surface area contributed by atoms with Gasteiger partial charge >= 0.3 is 0 Å². The molecule has 104 valence electrons. The molecule has 0 aromatic heterocycles. The lowest BCUT2D eigenvalue weighted by Gasteiger charge is -2.18. The van der Waals surface area contributed by atoms with Crippen molar-refractivity contribution in [1.29, 1.82) is 0 Å². The number of hydrogen-bond acceptors (Lipinski definition) is 4. The van der Waals surface area contributed by atoms with Crippen molar-refractivity contribution in [3.63, 3.8) is 0 Å². The molecule has 0 heterocycles. The second kappa shape index (κ2) is 5.25. The molecule has 0 amide bonds. The molecule has 2 N–H and O–H groups in total. The minimum Gasteiger partial charge on any atom is -0.503 e. The van der Waals surface area contributed by atoms with Crippen LogP contribution in [0.4, 0.5) is 0 Å². The molecule has 21 heavy (non-hydrogen) atoms. The minimum absolute atomic E-state index is 0.0393. The fourth-order valence-electron chi connectivity index (χ4n) is 2.31. The Morgan fingerprint density at radius 1 is 0.810 bits per heavy atom. The number of carbonyl (C=O) groups is 2. The summed E-state index contributed by atoms with van der Waals surface area (Å²) >= 11 is 0. The van der Waals surface area contributed by atoms with Gasteiger partial charge in [-0.25, -0.2) is 0 Å². The van der Waals surface area contributed by atoms with Gasteiger partial charge in [0, 0.05) is 17.7 Å². The van der Waals surface area contributed by atoms with E-state index in [0.717, 1.165) is 5.56 Å². The molecule has 1 aliphatic carbocycles. The number of Topliss-reactive ketones (excluding diaryl/α,β-unsaturated/α-hetero) is 2. The lowest BCUT2D eigenvalue weighted by atomic mass is 9.91. The zero-order valence-corrected chi connectivity index (χ0v) is 11.2. The van der Waals surface area contributed by atoms with Crippen molar-refractivity contribution in [2.24, 2.45) is 0 Å². The van der Waals surface area contributed by atoms with E-state index in [1.807, 2.05) is 30.3 Å². The molecule has 0 fully saturated rings. The highest BCUT2D eigenvalue weighted by Crippen LogP contribution is 2.23. The van der Waals surface area contributed by atoms with Crippen molar-refractivity contribution in [1.82, 2.24) is 5.32 Å². The Morgan fingerprint density at radius 3 is 2.05 bits per heavy atom. The Hall–Kier alpha value is -2.88. The molecule has 0 unspecified atom stereocenters. The number of rotatable bonds is 3. The number of aliphatic hydroxyl groups excluding tert-OH is 1. The highest BCUT2D eigenvalue weighted by Gasteiger charge is 2.31. The van der Waals surface area contributed by atoms with Gasteiger partial charge in [0.05, 0.1) is 0 Å². The average Bonchev–Trinajstić information content (AvgIpc) is 2.54. The van der Waals surface area contributed by atoms with Gasteiger partial charge in [-0.05, 0) is 5.56 Å². The minimum atomic E-state index is -0.527. The monoisotopic (exact) mass is 279 g/mol. The first kappa shape index (κ1) is 13.1. The highest BCUT2D eigenvalue weighted by atomic mass is 16.3. The number of carbonyl (C=O) groups excluding carboxylic acids is 2. The first-order valence-corrected chi connectivity index (χ1v) is 6.58. The first-order chi connectivity index (χ1) is 10.2. The topological polar surface area (TPSA) is 66.4 Å². The predicted molar refractivity (Wildman–Crippen MR) is 78.0 cm³/mol. The van der Waals surface area contributed by atoms with E-state index >= 15 is 0 Å². The maximum Gasteiger partial charge on any atom is 0.230 e. The molecule has 4 heteroatoms. The molecule has 0 bridgehead atoms. The number of fused-ring (bicyclic) bond motifs is 1. The van der Waals surface area contributed by atoms with Gasteiger partial charge < -0.3 is 10.4 Å². The van der Waals surface area contributed by atoms with Crippen molar-refractivity contribution in [2.45, 2.75) is 6.54 Å². The van der Waals surface area contributed by atoms with E-state index in [2.05, 4.69) is 5.32 Å². The molecule has 0 saturated carbocycles. The summed E-state index contributed by atoms with van der Waals surface area (Å²) in [6.07, 6.45) is 0. The lowest BCUT2D eigenvalue weighted by molar-refractivity contribution is 0.0922. The van der Waals surface area contributed by atoms with Gasteiger partial charge in [-0.1, -0.05) is 54.6 Å². The Labute approximate surface area is 121 Å². The molecule has 0 radical (unpaired) electrons. The SMILES string of the molecule is O=C1C(O)=C(NCc2ccccc2)C(=O)c2ccccc21. The van der Waals surface area contributed by atoms with Crippen molar-refractivity contribution < 1.29 is 14.7 Å². The van der Waals surface area contributed by atoms with Crippen LogP contribution in [0.5, 0.6) is 0 Å². The third kappa shape index (κ3) is 2.31. The van der Waals surface area contributed by atoms with Crippen LogP contribution < -0.4 is 5.32 Å². The Bertz CT molecular complexity index is 748. The molecule has 2 aromatic carbocycles. The molecule has 4 nitrogen and oxygen atoms in total. The molecule has 3 rings (SSSR count). The van der Waals surface area contributed by atoms with Crippen LogP contribution in [0.2, 0.25) is 0 Å². The quantitative estimate of drug-likeness (QED) is 0.906. The Morgan fingerprint density at radius 2 is 1.38 bits per heavy atom. The molecule has 0 spiro atoms. The maximum atomic E-state index is 12.4. The van der Waals surface area contributed by atoms with Gasteiger partial charge in [0.1, 0.15) is 5.70 Å². The molecule has 0 atom stereocenters. The van der Waals surface area contributed by atoms with E-state index in [9.17, 15) is 14.7 Å². The van der Waals surface area contributed by atoms with E-state index in [4.69, 9.17) is 0 Å². The highest BCUT2D eigenvalue weighted by molar-refractivity contribution is 6.25. The van der Waals surface area contributed by atoms with Crippen LogP contribution in [0.3, 0.4) is 0 Å². The number of aliphatic hydroxyl groups is 1. The number of hydrogen-bond donors (Lipinski definition) is 2. The summed E-state index contributed by atoms with van der Waals surface area (Å²) in [5, 5.41) is 12.8. The van der Waals surface area contributed by atoms with E-state index in [0.29, 0.717) is 12.1 Å². The summed E-state index contributed by atoms with van der Waals surface area (Å²) in [4.78, 5) is 24.4. The van der Waals surface area contributed by atoms with E-state index < -0.39 is 11.5 Å². The second-order valence-electron chi connectivity index (χ2n) is 4.77. The Kier molecular flexibility index (Phi) is 3.28. The van der Waals surface area contributed by atoms with Gasteiger partial charge in [0.15, 0.2) is 5.76 Å². The zero-order valence-electron chi connectivity index (χ0n) is 11.2. The van der Waals surface area contributed by atoms with Gasteiger partial charge in [0.25, 0.3) is 0 Å². The van der Waals surface area contributed by atoms with Gasteiger partial charge in [-0.3, -0.25) is 9.59 Å². The summed E-state index contributed by atoms with van der Waals surface area (Å²) in [5.74, 6) is -1.41. The number of nitrogens with one attached hydrogen (secondary N) is 1. The average molecular weight is 279 g/mol. The van der Waals surface area contributed by atoms with Crippen molar-refractivity contribution in [2.75, 3.05) is 0 Å². The van der Waals surface area contributed by atoms with Crippen LogP contribution in [-0.2, 0) is 6.54 Å². The smallest absolute Gasteiger partial charge is 0.230 e. The molecule has 0 saturated heterocycles. The molecule has 1 aliphatic rings. The number of ketones is 2. The van der Waals surface area contributed by atoms with Gasteiger partial charge in [0.2, 0.25) is 11.6 Å². The summed E-state index contributed by atoms with van der Waals surface area (Å²) < 4.78 is 0. The van der Waals surface area contributed by atoms with Crippen LogP contribution in [0.15, 0.2) is 66.1 Å². The van der Waals surface area contributed by atoms with Gasteiger partial charge in [-0.2, -0.15) is 0 Å². The summed E-state index contributed by atoms with van der Waals surface area (Å²) in [5.41, 5.74) is 1.47. The largest absolute Gasteiger partial charge is 0.503 e. The van der Waals surface area contributed by atoms with E-state index in [1.165, 1.54) is 0 Å². The third-order valence-corrected chi connectivity index (χ3v) is 3.41. The predicted octanol–water partition coefficient (Wildman–Crippen LogP) is 2.63. The van der Waals surface area contributed by atoms with Crippen molar-refractivity contribution in [3.05, 3.63) is 82.7 Å². The van der Waals surface area contributed by atoms with E-state index in [-0.39, 0.29) is 17.0 Å². The third-order valence-electron chi connectivity index (χ3n) is 3.41. The van der Waals surface area contributed by atoms with Crippen LogP contribution in [0.1, 0.15) is 26.3 Å². The fraction of sp³-hybridized carbons (Fsp3) is 0.0588. The lowest BCUT2D eigenvalue weighted by Crippen LogP contribution is -2.30. The summed E-state index contributed by atoms with van der Waals surface area (Å²) in [6, 6.07) is 15.9. The van der Waals surface area contributed by atoms with Crippen LogP contribution >= 0.6 is 0 Å². The molecule has 0 aliphatic heterocycles. The normalized spacial score (nSPS) is 14.1. The first-order valence-electron chi connectivity index (χ1n) is 6.58. The van der Waals surface area contributed by atoms with Crippen molar-refractivity contribution in [3.8, 4) is 0 Å². The molecular weight excluding hydrogens is 266 g/mol. The standard InChI is InChI=1S/C17H13NO3/c19-15-12-8-4-5-9-13(12)16(20)17(21)14(15)18-10-11-6-2-1-3-7-11/h1-9,18,21H,10H2. The van der Waals surface area contributed by atoms with Crippen molar-refractivity contribution >= 4 is 11.6 Å². The van der Waals surface area contributed by atoms with Crippen LogP contribution in [-0.4, -0.2) is 16.7 Å². The van der Waals surface area contributed by atoms with Gasteiger partial charge in [-0.15, -0.1) is 0 Å². The Balaban J connectivity index is 1.90. The van der Waals surface area contributed by atoms with E-state index in [1.54, 1.807) is 24.3 Å². The van der Waals surface area contributed by atoms with Crippen LogP contribution in [0, 0.1) is 0 Å². The molecular formula is C17H13NO3. The van der Waals surface area contributed by atoms with Crippen LogP contribution in [0.25, 0.3) is 0 Å². The summed E-state index contributed by atoms with van der Waals surface area (Å²) in [7, 11) is 0. The summed E-state index contributed by atoms with van der Waals surface area (Å²) in [6.45, 7) is 0.363. The number of allylic oxidation sites excluding steroid dienone is 2. The zero-order chi connectivity index (χ0) is 14.8. The molecule has 2 aromatic rings.